The van der Waals surface area contributed by atoms with E-state index in [2.05, 4.69) is 20.8 Å². The molecule has 26 heavy (non-hydrogen) atoms. The third-order valence-electron chi connectivity index (χ3n) is 4.46. The Morgan fingerprint density at radius 1 is 0.885 bits per heavy atom. The lowest BCUT2D eigenvalue weighted by Crippen LogP contribution is -2.67. The largest absolute Gasteiger partial charge is 0.510 e. The number of aliphatic carboxylic acids is 1. The van der Waals surface area contributed by atoms with Crippen LogP contribution >= 0.6 is 0 Å². The molecule has 0 saturated heterocycles. The Morgan fingerprint density at radius 3 is 1.73 bits per heavy atom. The van der Waals surface area contributed by atoms with Crippen LogP contribution in [0.25, 0.3) is 0 Å². The minimum Gasteiger partial charge on any atom is -0.510 e. The van der Waals surface area contributed by atoms with Crippen LogP contribution in [0.15, 0.2) is 60.7 Å². The van der Waals surface area contributed by atoms with Crippen molar-refractivity contribution in [3.8, 4) is 0 Å². The summed E-state index contributed by atoms with van der Waals surface area (Å²) in [6.45, 7) is 6.30. The minimum atomic E-state index is -2.89. The average molecular weight is 371 g/mol. The molecule has 0 aliphatic heterocycles. The number of carbonyl (C=O) groups is 2. The van der Waals surface area contributed by atoms with Crippen LogP contribution in [0.1, 0.15) is 40.0 Å². The highest BCUT2D eigenvalue weighted by Gasteiger charge is 2.52. The highest BCUT2D eigenvalue weighted by molar-refractivity contribution is 7.00. The smallest absolute Gasteiger partial charge is 0.323 e. The Hall–Kier alpha value is -2.40. The number of carbonyl (C=O) groups excluding carboxylic acids is 1. The maximum atomic E-state index is 12.7. The van der Waals surface area contributed by atoms with Crippen LogP contribution in [0.4, 0.5) is 0 Å². The summed E-state index contributed by atoms with van der Waals surface area (Å²) in [7, 11) is -2.89. The van der Waals surface area contributed by atoms with Crippen molar-refractivity contribution in [3.05, 3.63) is 60.7 Å². The molecule has 5 heteroatoms. The molecular formula is C21H26O4Si. The number of carboxylic acid groups (broad SMARTS) is 1. The predicted molar refractivity (Wildman–Crippen MR) is 105 cm³/mol. The van der Waals surface area contributed by atoms with Crippen molar-refractivity contribution in [2.24, 2.45) is 0 Å². The van der Waals surface area contributed by atoms with E-state index in [1.807, 2.05) is 60.7 Å². The second kappa shape index (κ2) is 8.32. The van der Waals surface area contributed by atoms with E-state index in [9.17, 15) is 9.59 Å². The minimum absolute atomic E-state index is 0.0319. The molecule has 1 N–H and O–H groups in total. The van der Waals surface area contributed by atoms with Crippen LogP contribution in [0, 0.1) is 0 Å². The van der Waals surface area contributed by atoms with Crippen molar-refractivity contribution in [1.29, 1.82) is 0 Å². The molecule has 0 aliphatic rings. The predicted octanol–water partition coefficient (Wildman–Crippen LogP) is 3.34. The van der Waals surface area contributed by atoms with E-state index < -0.39 is 14.3 Å². The summed E-state index contributed by atoms with van der Waals surface area (Å²) in [6, 6.07) is 19.8. The first kappa shape index (κ1) is 19.9. The first-order valence-electron chi connectivity index (χ1n) is 8.82. The summed E-state index contributed by atoms with van der Waals surface area (Å²) < 4.78 is 6.26. The Morgan fingerprint density at radius 2 is 1.35 bits per heavy atom. The van der Waals surface area contributed by atoms with Crippen LogP contribution < -0.4 is 10.4 Å². The lowest BCUT2D eigenvalue weighted by molar-refractivity contribution is -0.138. The molecule has 2 aromatic carbocycles. The van der Waals surface area contributed by atoms with E-state index >= 15 is 0 Å². The third kappa shape index (κ3) is 4.41. The molecule has 0 amide bonds. The van der Waals surface area contributed by atoms with E-state index in [4.69, 9.17) is 9.53 Å². The summed E-state index contributed by atoms with van der Waals surface area (Å²) in [5, 5.41) is 10.6. The van der Waals surface area contributed by atoms with Gasteiger partial charge in [-0.05, 0) is 21.8 Å². The van der Waals surface area contributed by atoms with Crippen LogP contribution in [-0.2, 0) is 14.0 Å². The Bertz CT molecular complexity index is 696. The number of hydrogen-bond acceptors (Lipinski definition) is 3. The SMILES string of the molecule is CC(C)(C)[Si](OC(=O)CCCC(=O)O)(c1ccccc1)c1ccccc1. The van der Waals surface area contributed by atoms with Crippen molar-refractivity contribution < 1.29 is 19.1 Å². The first-order chi connectivity index (χ1) is 12.3. The van der Waals surface area contributed by atoms with Gasteiger partial charge in [-0.15, -0.1) is 0 Å². The number of hydrogen-bond donors (Lipinski definition) is 1. The van der Waals surface area contributed by atoms with Crippen molar-refractivity contribution in [2.45, 2.75) is 45.1 Å². The molecule has 0 atom stereocenters. The van der Waals surface area contributed by atoms with Crippen LogP contribution in [-0.4, -0.2) is 25.4 Å². The molecule has 2 rings (SSSR count). The molecule has 0 radical (unpaired) electrons. The van der Waals surface area contributed by atoms with Crippen molar-refractivity contribution in [3.63, 3.8) is 0 Å². The van der Waals surface area contributed by atoms with Gasteiger partial charge in [0.25, 0.3) is 5.97 Å². The van der Waals surface area contributed by atoms with E-state index in [1.165, 1.54) is 0 Å². The number of rotatable bonds is 7. The van der Waals surface area contributed by atoms with Gasteiger partial charge in [-0.3, -0.25) is 9.59 Å². The Balaban J connectivity index is 2.47. The quantitative estimate of drug-likeness (QED) is 0.759. The number of carboxylic acids is 1. The van der Waals surface area contributed by atoms with E-state index in [-0.39, 0.29) is 30.3 Å². The monoisotopic (exact) mass is 370 g/mol. The van der Waals surface area contributed by atoms with Gasteiger partial charge < -0.3 is 9.53 Å². The summed E-state index contributed by atoms with van der Waals surface area (Å²) in [4.78, 5) is 23.4. The highest BCUT2D eigenvalue weighted by atomic mass is 28.4. The van der Waals surface area contributed by atoms with Crippen LogP contribution in [0.3, 0.4) is 0 Å². The molecule has 0 spiro atoms. The highest BCUT2D eigenvalue weighted by Crippen LogP contribution is 2.37. The van der Waals surface area contributed by atoms with Gasteiger partial charge >= 0.3 is 14.3 Å². The fourth-order valence-electron chi connectivity index (χ4n) is 3.26. The zero-order chi connectivity index (χ0) is 19.2. The molecule has 138 valence electrons. The molecule has 0 saturated carbocycles. The molecule has 4 nitrogen and oxygen atoms in total. The molecule has 0 aromatic heterocycles. The Kier molecular flexibility index (Phi) is 6.37. The van der Waals surface area contributed by atoms with Gasteiger partial charge in [-0.1, -0.05) is 81.4 Å². The fourth-order valence-corrected chi connectivity index (χ4v) is 7.63. The molecule has 0 fully saturated rings. The van der Waals surface area contributed by atoms with Crippen molar-refractivity contribution >= 4 is 30.6 Å². The van der Waals surface area contributed by atoms with Gasteiger partial charge in [-0.2, -0.15) is 0 Å². The maximum absolute atomic E-state index is 12.7. The summed E-state index contributed by atoms with van der Waals surface area (Å²) in [5.74, 6) is -1.23. The summed E-state index contributed by atoms with van der Waals surface area (Å²) >= 11 is 0. The Labute approximate surface area is 156 Å². The second-order valence-electron chi connectivity index (χ2n) is 7.38. The molecule has 0 heterocycles. The molecule has 0 bridgehead atoms. The van der Waals surface area contributed by atoms with E-state index in [1.54, 1.807) is 0 Å². The second-order valence-corrected chi connectivity index (χ2v) is 11.6. The lowest BCUT2D eigenvalue weighted by atomic mass is 10.2. The topological polar surface area (TPSA) is 63.6 Å². The lowest BCUT2D eigenvalue weighted by Gasteiger charge is -2.42. The third-order valence-corrected chi connectivity index (χ3v) is 9.39. The summed E-state index contributed by atoms with van der Waals surface area (Å²) in [5.41, 5.74) is 0. The fraction of sp³-hybridized carbons (Fsp3) is 0.333. The standard InChI is InChI=1S/C21H26O4Si/c1-21(2,3)26(17-11-6-4-7-12-17,18-13-8-5-9-14-18)25-20(24)16-10-15-19(22)23/h4-9,11-14H,10,15-16H2,1-3H3,(H,22,23). The zero-order valence-corrected chi connectivity index (χ0v) is 16.6. The molecular weight excluding hydrogens is 344 g/mol. The molecule has 0 unspecified atom stereocenters. The molecule has 2 aromatic rings. The van der Waals surface area contributed by atoms with Crippen LogP contribution in [0.5, 0.6) is 0 Å². The normalized spacial score (nSPS) is 11.8. The van der Waals surface area contributed by atoms with Gasteiger partial charge in [0.1, 0.15) is 0 Å². The van der Waals surface area contributed by atoms with Gasteiger partial charge in [0, 0.05) is 12.8 Å². The summed E-state index contributed by atoms with van der Waals surface area (Å²) in [6.07, 6.45) is 0.360. The van der Waals surface area contributed by atoms with E-state index in [0.717, 1.165) is 10.4 Å². The van der Waals surface area contributed by atoms with Gasteiger partial charge in [0.2, 0.25) is 0 Å². The van der Waals surface area contributed by atoms with E-state index in [0.29, 0.717) is 0 Å². The first-order valence-corrected chi connectivity index (χ1v) is 10.7. The van der Waals surface area contributed by atoms with Crippen LogP contribution in [0.2, 0.25) is 5.04 Å². The van der Waals surface area contributed by atoms with Crippen molar-refractivity contribution in [2.75, 3.05) is 0 Å². The average Bonchev–Trinajstić information content (AvgIpc) is 2.60. The van der Waals surface area contributed by atoms with Gasteiger partial charge in [-0.25, -0.2) is 0 Å². The van der Waals surface area contributed by atoms with Gasteiger partial charge in [0.15, 0.2) is 0 Å². The maximum Gasteiger partial charge on any atom is 0.323 e. The van der Waals surface area contributed by atoms with Gasteiger partial charge in [0.05, 0.1) is 0 Å². The van der Waals surface area contributed by atoms with Crippen molar-refractivity contribution in [1.82, 2.24) is 0 Å². The zero-order valence-electron chi connectivity index (χ0n) is 15.6. The molecule has 0 aliphatic carbocycles. The number of benzene rings is 2.